The van der Waals surface area contributed by atoms with Gasteiger partial charge in [-0.15, -0.1) is 11.8 Å². The molecule has 38 heavy (non-hydrogen) atoms. The van der Waals surface area contributed by atoms with Crippen LogP contribution in [0.2, 0.25) is 0 Å². The Morgan fingerprint density at radius 1 is 0.895 bits per heavy atom. The maximum absolute atomic E-state index is 13.5. The average Bonchev–Trinajstić information content (AvgIpc) is 2.94. The minimum Gasteiger partial charge on any atom is -0.324 e. The Kier molecular flexibility index (Phi) is 8.55. The van der Waals surface area contributed by atoms with Crippen LogP contribution in [0.3, 0.4) is 0 Å². The first-order valence-electron chi connectivity index (χ1n) is 12.1. The van der Waals surface area contributed by atoms with E-state index >= 15 is 0 Å². The molecule has 0 fully saturated rings. The number of anilines is 2. The Bertz CT molecular complexity index is 1460. The number of non-ortho nitro benzene ring substituents is 1. The molecule has 0 aliphatic carbocycles. The summed E-state index contributed by atoms with van der Waals surface area (Å²) in [4.78, 5) is 37.4. The summed E-state index contributed by atoms with van der Waals surface area (Å²) in [5, 5.41) is 16.4. The van der Waals surface area contributed by atoms with Crippen LogP contribution in [0.4, 0.5) is 17.1 Å². The van der Waals surface area contributed by atoms with Gasteiger partial charge in [-0.1, -0.05) is 61.5 Å². The molecule has 2 amide bonds. The first kappa shape index (κ1) is 26.6. The molecule has 7 nitrogen and oxygen atoms in total. The summed E-state index contributed by atoms with van der Waals surface area (Å²) in [5.74, 6) is -0.561. The summed E-state index contributed by atoms with van der Waals surface area (Å²) >= 11 is 1.42. The minimum absolute atomic E-state index is 0.117. The molecule has 1 atom stereocenters. The van der Waals surface area contributed by atoms with Gasteiger partial charge >= 0.3 is 0 Å². The van der Waals surface area contributed by atoms with E-state index in [1.165, 1.54) is 36.0 Å². The molecule has 4 rings (SSSR count). The Morgan fingerprint density at radius 2 is 1.61 bits per heavy atom. The number of thioether (sulfide) groups is 1. The summed E-state index contributed by atoms with van der Waals surface area (Å²) in [7, 11) is 0. The van der Waals surface area contributed by atoms with Crippen LogP contribution in [0.25, 0.3) is 0 Å². The van der Waals surface area contributed by atoms with E-state index in [1.807, 2.05) is 67.6 Å². The number of nitrogens with zero attached hydrogens (tertiary/aromatic N) is 1. The second kappa shape index (κ2) is 12.2. The fourth-order valence-electron chi connectivity index (χ4n) is 4.01. The van der Waals surface area contributed by atoms with Gasteiger partial charge in [-0.3, -0.25) is 19.7 Å². The largest absolute Gasteiger partial charge is 0.324 e. The van der Waals surface area contributed by atoms with E-state index < -0.39 is 16.1 Å². The Hall–Kier alpha value is -4.43. The molecule has 0 radical (unpaired) electrons. The fourth-order valence-corrected chi connectivity index (χ4v) is 5.03. The molecule has 4 aromatic carbocycles. The van der Waals surface area contributed by atoms with Crippen LogP contribution >= 0.6 is 11.8 Å². The lowest BCUT2D eigenvalue weighted by Gasteiger charge is -2.20. The zero-order valence-electron chi connectivity index (χ0n) is 21.0. The van der Waals surface area contributed by atoms with Crippen molar-refractivity contribution >= 4 is 40.6 Å². The lowest BCUT2D eigenvalue weighted by atomic mass is 10.1. The number of nitro benzene ring substituents is 1. The molecule has 0 aliphatic rings. The van der Waals surface area contributed by atoms with Gasteiger partial charge in [0.2, 0.25) is 5.91 Å². The number of hydrogen-bond acceptors (Lipinski definition) is 5. The second-order valence-electron chi connectivity index (χ2n) is 8.65. The normalized spacial score (nSPS) is 11.4. The number of aryl methyl sites for hydroxylation is 2. The average molecular weight is 526 g/mol. The van der Waals surface area contributed by atoms with Crippen molar-refractivity contribution in [2.24, 2.45) is 0 Å². The predicted octanol–water partition coefficient (Wildman–Crippen LogP) is 7.19. The van der Waals surface area contributed by atoms with E-state index in [-0.39, 0.29) is 17.2 Å². The van der Waals surface area contributed by atoms with Gasteiger partial charge in [0.25, 0.3) is 11.6 Å². The molecule has 4 aromatic rings. The van der Waals surface area contributed by atoms with E-state index in [2.05, 4.69) is 17.6 Å². The minimum atomic E-state index is -0.537. The van der Waals surface area contributed by atoms with Crippen LogP contribution in [0, 0.1) is 17.0 Å². The molecule has 0 saturated heterocycles. The lowest BCUT2D eigenvalue weighted by Crippen LogP contribution is -2.20. The first-order chi connectivity index (χ1) is 18.4. The molecule has 1 unspecified atom stereocenters. The molecular weight excluding hydrogens is 498 g/mol. The summed E-state index contributed by atoms with van der Waals surface area (Å²) in [5.41, 5.74) is 4.41. The van der Waals surface area contributed by atoms with Crippen molar-refractivity contribution in [3.05, 3.63) is 129 Å². The van der Waals surface area contributed by atoms with Gasteiger partial charge in [-0.2, -0.15) is 0 Å². The first-order valence-corrected chi connectivity index (χ1v) is 13.0. The van der Waals surface area contributed by atoms with Crippen LogP contribution in [-0.2, 0) is 11.2 Å². The summed E-state index contributed by atoms with van der Waals surface area (Å²) in [6, 6.07) is 28.3. The molecule has 0 spiro atoms. The van der Waals surface area contributed by atoms with Crippen LogP contribution in [0.15, 0.2) is 102 Å². The highest BCUT2D eigenvalue weighted by atomic mass is 32.2. The molecule has 192 valence electrons. The zero-order valence-corrected chi connectivity index (χ0v) is 21.8. The van der Waals surface area contributed by atoms with Crippen LogP contribution in [0.5, 0.6) is 0 Å². The van der Waals surface area contributed by atoms with Crippen molar-refractivity contribution < 1.29 is 14.5 Å². The number of carbonyl (C=O) groups excluding carboxylic acids is 2. The third-order valence-corrected chi connectivity index (χ3v) is 7.28. The topological polar surface area (TPSA) is 101 Å². The highest BCUT2D eigenvalue weighted by molar-refractivity contribution is 8.00. The molecule has 2 N–H and O–H groups in total. The van der Waals surface area contributed by atoms with Crippen LogP contribution < -0.4 is 10.6 Å². The number of nitro groups is 1. The zero-order chi connectivity index (χ0) is 27.1. The van der Waals surface area contributed by atoms with Crippen LogP contribution in [0.1, 0.15) is 39.2 Å². The van der Waals surface area contributed by atoms with E-state index in [0.29, 0.717) is 5.69 Å². The summed E-state index contributed by atoms with van der Waals surface area (Å²) in [6.45, 7) is 4.05. The molecular formula is C30H27N3O4S. The monoisotopic (exact) mass is 525 g/mol. The van der Waals surface area contributed by atoms with Gasteiger partial charge < -0.3 is 10.6 Å². The van der Waals surface area contributed by atoms with Gasteiger partial charge in [-0.05, 0) is 60.4 Å². The van der Waals surface area contributed by atoms with Crippen LogP contribution in [-0.4, -0.2) is 16.7 Å². The van der Waals surface area contributed by atoms with E-state index in [1.54, 1.807) is 12.1 Å². The highest BCUT2D eigenvalue weighted by Gasteiger charge is 2.23. The number of amides is 2. The molecule has 0 aliphatic heterocycles. The smallest absolute Gasteiger partial charge is 0.270 e. The number of benzene rings is 4. The van der Waals surface area contributed by atoms with E-state index in [9.17, 15) is 19.7 Å². The molecule has 0 heterocycles. The quantitative estimate of drug-likeness (QED) is 0.137. The van der Waals surface area contributed by atoms with Crippen molar-refractivity contribution in [2.75, 3.05) is 10.6 Å². The second-order valence-corrected chi connectivity index (χ2v) is 9.82. The van der Waals surface area contributed by atoms with Gasteiger partial charge in [-0.25, -0.2) is 0 Å². The lowest BCUT2D eigenvalue weighted by molar-refractivity contribution is -0.384. The van der Waals surface area contributed by atoms with Gasteiger partial charge in [0.1, 0.15) is 5.25 Å². The molecule has 8 heteroatoms. The number of nitrogens with one attached hydrogen (secondary N) is 2. The predicted molar refractivity (Wildman–Crippen MR) is 152 cm³/mol. The van der Waals surface area contributed by atoms with Crippen molar-refractivity contribution in [3.8, 4) is 0 Å². The maximum atomic E-state index is 13.5. The van der Waals surface area contributed by atoms with Gasteiger partial charge in [0, 0.05) is 34.0 Å². The van der Waals surface area contributed by atoms with Gasteiger partial charge in [0.05, 0.1) is 4.92 Å². The Balaban J connectivity index is 1.51. The Morgan fingerprint density at radius 3 is 2.29 bits per heavy atom. The molecule has 0 saturated carbocycles. The molecule has 0 aromatic heterocycles. The van der Waals surface area contributed by atoms with Crippen molar-refractivity contribution in [1.29, 1.82) is 0 Å². The number of rotatable bonds is 9. The third-order valence-electron chi connectivity index (χ3n) is 6.01. The fraction of sp³-hybridized carbons (Fsp3) is 0.133. The SMILES string of the molecule is CCc1cccc(C)c1NC(=O)C(Sc1ccc(NC(=O)c2cccc([N+](=O)[O-])c2)cc1)c1ccccc1. The van der Waals surface area contributed by atoms with Crippen molar-refractivity contribution in [2.45, 2.75) is 30.4 Å². The number of hydrogen-bond donors (Lipinski definition) is 2. The van der Waals surface area contributed by atoms with E-state index in [0.717, 1.165) is 33.7 Å². The standard InChI is InChI=1S/C30H27N3O4S/c1-3-21-12-7-9-20(2)27(21)32-30(35)28(22-10-5-4-6-11-22)38-26-17-15-24(16-18-26)31-29(34)23-13-8-14-25(19-23)33(36)37/h4-19,28H,3H2,1-2H3,(H,31,34)(H,32,35). The summed E-state index contributed by atoms with van der Waals surface area (Å²) < 4.78 is 0. The highest BCUT2D eigenvalue weighted by Crippen LogP contribution is 2.37. The number of para-hydroxylation sites is 1. The van der Waals surface area contributed by atoms with Gasteiger partial charge in [0.15, 0.2) is 0 Å². The van der Waals surface area contributed by atoms with Crippen molar-refractivity contribution in [1.82, 2.24) is 0 Å². The summed E-state index contributed by atoms with van der Waals surface area (Å²) in [6.07, 6.45) is 0.809. The maximum Gasteiger partial charge on any atom is 0.270 e. The van der Waals surface area contributed by atoms with E-state index in [4.69, 9.17) is 0 Å². The number of carbonyl (C=O) groups is 2. The molecule has 0 bridgehead atoms. The Labute approximate surface area is 225 Å². The third kappa shape index (κ3) is 6.46. The van der Waals surface area contributed by atoms with Crippen molar-refractivity contribution in [3.63, 3.8) is 0 Å².